The summed E-state index contributed by atoms with van der Waals surface area (Å²) in [6, 6.07) is 59.8. The molecule has 0 aliphatic rings. The molecule has 0 saturated carbocycles. The molecule has 0 spiro atoms. The van der Waals surface area contributed by atoms with Crippen molar-refractivity contribution in [3.05, 3.63) is 175 Å². The minimum Gasteiger partial charge on any atom is -0.208 e. The first kappa shape index (κ1) is 28.8. The van der Waals surface area contributed by atoms with Gasteiger partial charge in [-0.25, -0.2) is 15.0 Å². The second-order valence-corrected chi connectivity index (χ2v) is 11.5. The van der Waals surface area contributed by atoms with Gasteiger partial charge in [0.25, 0.3) is 0 Å². The van der Waals surface area contributed by atoms with Crippen LogP contribution in [0.5, 0.6) is 0 Å². The summed E-state index contributed by atoms with van der Waals surface area (Å²) >= 11 is 0. The first-order valence-electron chi connectivity index (χ1n) is 15.9. The highest BCUT2D eigenvalue weighted by molar-refractivity contribution is 6.04. The van der Waals surface area contributed by atoms with Crippen LogP contribution in [0.2, 0.25) is 0 Å². The highest BCUT2D eigenvalue weighted by Crippen LogP contribution is 2.38. The Labute approximate surface area is 279 Å². The molecule has 4 nitrogen and oxygen atoms in total. The Morgan fingerprint density at radius 3 is 1.19 bits per heavy atom. The summed E-state index contributed by atoms with van der Waals surface area (Å²) < 4.78 is 0. The lowest BCUT2D eigenvalue weighted by atomic mass is 9.94. The van der Waals surface area contributed by atoms with E-state index in [1.165, 1.54) is 0 Å². The summed E-state index contributed by atoms with van der Waals surface area (Å²) in [5, 5.41) is 11.5. The second kappa shape index (κ2) is 12.6. The Hall–Kier alpha value is -6.70. The molecule has 1 aromatic heterocycles. The maximum Gasteiger partial charge on any atom is 0.164 e. The molecule has 0 N–H and O–H groups in total. The molecule has 0 atom stereocenters. The van der Waals surface area contributed by atoms with E-state index in [-0.39, 0.29) is 0 Å². The number of hydrogen-bond donors (Lipinski definition) is 0. The maximum absolute atomic E-state index is 9.34. The van der Waals surface area contributed by atoms with Crippen LogP contribution in [0.15, 0.2) is 170 Å². The highest BCUT2D eigenvalue weighted by atomic mass is 15.0. The largest absolute Gasteiger partial charge is 0.208 e. The first-order chi connectivity index (χ1) is 23.8. The number of rotatable bonds is 6. The van der Waals surface area contributed by atoms with E-state index in [1.807, 2.05) is 78.9 Å². The van der Waals surface area contributed by atoms with Crippen LogP contribution in [0, 0.1) is 11.3 Å². The predicted octanol–water partition coefficient (Wildman–Crippen LogP) is 10.9. The number of hydrogen-bond acceptors (Lipinski definition) is 4. The lowest BCUT2D eigenvalue weighted by Gasteiger charge is -2.15. The first-order valence-corrected chi connectivity index (χ1v) is 15.9. The van der Waals surface area contributed by atoms with Crippen LogP contribution in [-0.4, -0.2) is 15.0 Å². The van der Waals surface area contributed by atoms with Crippen molar-refractivity contribution in [2.45, 2.75) is 0 Å². The van der Waals surface area contributed by atoms with E-state index in [4.69, 9.17) is 15.0 Å². The molecule has 4 heteroatoms. The standard InChI is InChI=1S/C44H28N4/c45-29-30-23-25-33(26-24-30)36-27-28-41(38-20-10-9-19-37(36)38)44-47-42(39-21-11-7-17-34(39)31-13-3-1-4-14-31)46-43(48-44)40-22-12-8-18-35(40)32-15-5-2-6-16-32/h1-28H. The van der Waals surface area contributed by atoms with Crippen molar-refractivity contribution in [3.63, 3.8) is 0 Å². The molecule has 0 unspecified atom stereocenters. The minimum atomic E-state index is 0.600. The summed E-state index contributed by atoms with van der Waals surface area (Å²) in [5.41, 5.74) is 9.85. The Kier molecular flexibility index (Phi) is 7.54. The van der Waals surface area contributed by atoms with E-state index in [9.17, 15) is 5.26 Å². The monoisotopic (exact) mass is 612 g/mol. The number of nitrogens with zero attached hydrogens (tertiary/aromatic N) is 4. The smallest absolute Gasteiger partial charge is 0.164 e. The van der Waals surface area contributed by atoms with Gasteiger partial charge in [0.15, 0.2) is 17.5 Å². The van der Waals surface area contributed by atoms with E-state index in [2.05, 4.69) is 97.1 Å². The van der Waals surface area contributed by atoms with Crippen molar-refractivity contribution >= 4 is 10.8 Å². The predicted molar refractivity (Wildman–Crippen MR) is 195 cm³/mol. The molecule has 0 saturated heterocycles. The Bertz CT molecular complexity index is 2340. The van der Waals surface area contributed by atoms with Crippen molar-refractivity contribution < 1.29 is 0 Å². The summed E-state index contributed by atoms with van der Waals surface area (Å²) in [6.45, 7) is 0. The van der Waals surface area contributed by atoms with Gasteiger partial charge in [0.2, 0.25) is 0 Å². The maximum atomic E-state index is 9.34. The molecule has 0 fully saturated rings. The Morgan fingerprint density at radius 2 is 0.688 bits per heavy atom. The SMILES string of the molecule is N#Cc1ccc(-c2ccc(-c3nc(-c4ccccc4-c4ccccc4)nc(-c4ccccc4-c4ccccc4)n3)c3ccccc23)cc1. The normalized spacial score (nSPS) is 10.9. The van der Waals surface area contributed by atoms with E-state index in [0.717, 1.165) is 60.8 Å². The van der Waals surface area contributed by atoms with Crippen LogP contribution in [0.25, 0.3) is 78.3 Å². The molecular formula is C44H28N4. The Balaban J connectivity index is 1.38. The van der Waals surface area contributed by atoms with Gasteiger partial charge in [-0.3, -0.25) is 0 Å². The minimum absolute atomic E-state index is 0.600. The number of aromatic nitrogens is 3. The topological polar surface area (TPSA) is 62.5 Å². The van der Waals surface area contributed by atoms with Crippen molar-refractivity contribution in [2.24, 2.45) is 0 Å². The molecule has 1 heterocycles. The van der Waals surface area contributed by atoms with Gasteiger partial charge in [-0.2, -0.15) is 5.26 Å². The van der Waals surface area contributed by atoms with Crippen molar-refractivity contribution in [1.82, 2.24) is 15.0 Å². The molecule has 8 aromatic rings. The zero-order valence-corrected chi connectivity index (χ0v) is 26.0. The molecule has 7 aromatic carbocycles. The van der Waals surface area contributed by atoms with Gasteiger partial charge < -0.3 is 0 Å². The summed E-state index contributed by atoms with van der Waals surface area (Å²) in [4.78, 5) is 15.6. The van der Waals surface area contributed by atoms with E-state index in [0.29, 0.717) is 23.0 Å². The number of benzene rings is 7. The van der Waals surface area contributed by atoms with E-state index in [1.54, 1.807) is 0 Å². The average Bonchev–Trinajstić information content (AvgIpc) is 3.18. The van der Waals surface area contributed by atoms with Gasteiger partial charge in [0, 0.05) is 16.7 Å². The molecule has 48 heavy (non-hydrogen) atoms. The molecule has 0 bridgehead atoms. The molecule has 0 amide bonds. The molecule has 224 valence electrons. The zero-order valence-electron chi connectivity index (χ0n) is 26.0. The van der Waals surface area contributed by atoms with E-state index < -0.39 is 0 Å². The van der Waals surface area contributed by atoms with Gasteiger partial charge in [-0.05, 0) is 62.4 Å². The van der Waals surface area contributed by atoms with Crippen LogP contribution < -0.4 is 0 Å². The van der Waals surface area contributed by atoms with Crippen LogP contribution in [0.3, 0.4) is 0 Å². The fourth-order valence-corrected chi connectivity index (χ4v) is 6.30. The molecular weight excluding hydrogens is 585 g/mol. The van der Waals surface area contributed by atoms with Crippen LogP contribution in [-0.2, 0) is 0 Å². The quantitative estimate of drug-likeness (QED) is 0.187. The highest BCUT2D eigenvalue weighted by Gasteiger charge is 2.19. The molecule has 0 aliphatic carbocycles. The number of fused-ring (bicyclic) bond motifs is 1. The molecule has 8 rings (SSSR count). The summed E-state index contributed by atoms with van der Waals surface area (Å²) in [5.74, 6) is 1.82. The lowest BCUT2D eigenvalue weighted by Crippen LogP contribution is -2.02. The van der Waals surface area contributed by atoms with Gasteiger partial charge in [-0.1, -0.05) is 152 Å². The third kappa shape index (κ3) is 5.40. The van der Waals surface area contributed by atoms with Gasteiger partial charge in [-0.15, -0.1) is 0 Å². The van der Waals surface area contributed by atoms with Crippen molar-refractivity contribution in [1.29, 1.82) is 5.26 Å². The third-order valence-electron chi connectivity index (χ3n) is 8.63. The van der Waals surface area contributed by atoms with E-state index >= 15 is 0 Å². The molecule has 0 aliphatic heterocycles. The fraction of sp³-hybridized carbons (Fsp3) is 0. The van der Waals surface area contributed by atoms with Crippen LogP contribution in [0.1, 0.15) is 5.56 Å². The number of nitriles is 1. The van der Waals surface area contributed by atoms with Gasteiger partial charge in [0.1, 0.15) is 0 Å². The summed E-state index contributed by atoms with van der Waals surface area (Å²) in [7, 11) is 0. The average molecular weight is 613 g/mol. The van der Waals surface area contributed by atoms with Gasteiger partial charge >= 0.3 is 0 Å². The van der Waals surface area contributed by atoms with Crippen molar-refractivity contribution in [2.75, 3.05) is 0 Å². The summed E-state index contributed by atoms with van der Waals surface area (Å²) in [6.07, 6.45) is 0. The molecule has 0 radical (unpaired) electrons. The zero-order chi connectivity index (χ0) is 32.3. The van der Waals surface area contributed by atoms with Crippen LogP contribution in [0.4, 0.5) is 0 Å². The third-order valence-corrected chi connectivity index (χ3v) is 8.63. The lowest BCUT2D eigenvalue weighted by molar-refractivity contribution is 1.08. The second-order valence-electron chi connectivity index (χ2n) is 11.5. The fourth-order valence-electron chi connectivity index (χ4n) is 6.30. The Morgan fingerprint density at radius 1 is 0.312 bits per heavy atom. The van der Waals surface area contributed by atoms with Gasteiger partial charge in [0.05, 0.1) is 11.6 Å². The van der Waals surface area contributed by atoms with Crippen molar-refractivity contribution in [3.8, 4) is 73.6 Å². The van der Waals surface area contributed by atoms with Crippen LogP contribution >= 0.6 is 0 Å².